The Kier molecular flexibility index (Phi) is 4.66. The third kappa shape index (κ3) is 2.71. The van der Waals surface area contributed by atoms with Gasteiger partial charge in [0.1, 0.15) is 11.5 Å². The molecule has 0 saturated carbocycles. The third-order valence-corrected chi connectivity index (χ3v) is 6.03. The van der Waals surface area contributed by atoms with Crippen molar-refractivity contribution in [2.75, 3.05) is 20.0 Å². The quantitative estimate of drug-likeness (QED) is 0.825. The molecule has 1 aromatic carbocycles. The Morgan fingerprint density at radius 3 is 2.28 bits per heavy atom. The van der Waals surface area contributed by atoms with E-state index in [9.17, 15) is 10.2 Å². The van der Waals surface area contributed by atoms with Crippen molar-refractivity contribution in [3.8, 4) is 11.5 Å². The van der Waals surface area contributed by atoms with Gasteiger partial charge in [-0.15, -0.1) is 23.5 Å². The van der Waals surface area contributed by atoms with Gasteiger partial charge in [-0.1, -0.05) is 6.07 Å². The lowest BCUT2D eigenvalue weighted by Gasteiger charge is -2.18. The summed E-state index contributed by atoms with van der Waals surface area (Å²) in [5.74, 6) is 2.24. The lowest BCUT2D eigenvalue weighted by Crippen LogP contribution is -2.21. The fourth-order valence-electron chi connectivity index (χ4n) is 1.84. The highest BCUT2D eigenvalue weighted by Crippen LogP contribution is 2.54. The minimum atomic E-state index is -1.28. The van der Waals surface area contributed by atoms with Crippen LogP contribution in [-0.2, 0) is 0 Å². The monoisotopic (exact) mass is 288 g/mol. The van der Waals surface area contributed by atoms with E-state index >= 15 is 0 Å². The third-order valence-electron chi connectivity index (χ3n) is 2.74. The number of rotatable bonds is 4. The molecule has 1 heterocycles. The van der Waals surface area contributed by atoms with Crippen molar-refractivity contribution >= 4 is 23.5 Å². The molecule has 0 radical (unpaired) electrons. The molecule has 0 aromatic heterocycles. The van der Waals surface area contributed by atoms with Gasteiger partial charge in [-0.25, -0.2) is 0 Å². The smallest absolute Gasteiger partial charge is 0.164 e. The number of aliphatic hydroxyl groups excluding tert-OH is 1. The van der Waals surface area contributed by atoms with Crippen LogP contribution in [0, 0.1) is 0 Å². The summed E-state index contributed by atoms with van der Waals surface area (Å²) in [4.78, 5) is 0. The molecule has 6 heteroatoms. The Labute approximate surface area is 115 Å². The van der Waals surface area contributed by atoms with Gasteiger partial charge < -0.3 is 19.7 Å². The Balaban J connectivity index is 2.28. The van der Waals surface area contributed by atoms with Crippen molar-refractivity contribution in [1.29, 1.82) is 0 Å². The fraction of sp³-hybridized carbons (Fsp3) is 0.500. The van der Waals surface area contributed by atoms with Crippen LogP contribution < -0.4 is 9.47 Å². The molecular formula is C12H16O4S2. The molecule has 1 fully saturated rings. The molecule has 1 saturated heterocycles. The van der Waals surface area contributed by atoms with E-state index < -0.39 is 6.29 Å². The highest BCUT2D eigenvalue weighted by atomic mass is 32.2. The van der Waals surface area contributed by atoms with Gasteiger partial charge in [0.05, 0.1) is 29.6 Å². The Morgan fingerprint density at radius 1 is 1.22 bits per heavy atom. The van der Waals surface area contributed by atoms with E-state index in [0.717, 1.165) is 17.1 Å². The first-order chi connectivity index (χ1) is 8.67. The number of benzene rings is 1. The van der Waals surface area contributed by atoms with E-state index in [4.69, 9.17) is 9.47 Å². The summed E-state index contributed by atoms with van der Waals surface area (Å²) in [6.45, 7) is 0. The van der Waals surface area contributed by atoms with Crippen LogP contribution in [-0.4, -0.2) is 41.7 Å². The second kappa shape index (κ2) is 6.06. The maximum Gasteiger partial charge on any atom is 0.164 e. The second-order valence-electron chi connectivity index (χ2n) is 3.83. The first kappa shape index (κ1) is 13.9. The minimum Gasteiger partial charge on any atom is -0.496 e. The highest BCUT2D eigenvalue weighted by Gasteiger charge is 2.34. The molecule has 2 rings (SSSR count). The van der Waals surface area contributed by atoms with E-state index in [0.29, 0.717) is 5.75 Å². The number of thioether (sulfide) groups is 2. The van der Waals surface area contributed by atoms with Crippen molar-refractivity contribution in [1.82, 2.24) is 0 Å². The van der Waals surface area contributed by atoms with Gasteiger partial charge in [-0.3, -0.25) is 0 Å². The predicted molar refractivity (Wildman–Crippen MR) is 74.3 cm³/mol. The SMILES string of the molecule is COc1cccc(OC)c1C1SCC(C(O)O)S1. The van der Waals surface area contributed by atoms with E-state index in [1.807, 2.05) is 18.2 Å². The molecule has 0 spiro atoms. The van der Waals surface area contributed by atoms with Gasteiger partial charge in [0.15, 0.2) is 6.29 Å². The standard InChI is InChI=1S/C12H16O4S2/c1-15-7-4-3-5-8(16-2)10(7)12-17-6-9(18-12)11(13)14/h3-5,9,11-14H,6H2,1-2H3. The number of methoxy groups -OCH3 is 2. The van der Waals surface area contributed by atoms with Crippen molar-refractivity contribution < 1.29 is 19.7 Å². The van der Waals surface area contributed by atoms with Gasteiger partial charge in [-0.2, -0.15) is 0 Å². The molecule has 0 aliphatic carbocycles. The van der Waals surface area contributed by atoms with Crippen molar-refractivity contribution in [2.45, 2.75) is 16.1 Å². The Morgan fingerprint density at radius 2 is 1.83 bits per heavy atom. The summed E-state index contributed by atoms with van der Waals surface area (Å²) in [6, 6.07) is 5.66. The van der Waals surface area contributed by atoms with Crippen LogP contribution in [0.1, 0.15) is 10.1 Å². The van der Waals surface area contributed by atoms with Gasteiger partial charge in [0.2, 0.25) is 0 Å². The normalized spacial score (nSPS) is 23.4. The molecule has 2 unspecified atom stereocenters. The predicted octanol–water partition coefficient (Wildman–Crippen LogP) is 1.86. The molecule has 2 N–H and O–H groups in total. The zero-order chi connectivity index (χ0) is 13.1. The van der Waals surface area contributed by atoms with Crippen LogP contribution in [0.3, 0.4) is 0 Å². The van der Waals surface area contributed by atoms with E-state index in [2.05, 4.69) is 0 Å². The zero-order valence-corrected chi connectivity index (χ0v) is 11.8. The largest absolute Gasteiger partial charge is 0.496 e. The van der Waals surface area contributed by atoms with Crippen LogP contribution >= 0.6 is 23.5 Å². The first-order valence-corrected chi connectivity index (χ1v) is 7.50. The van der Waals surface area contributed by atoms with Crippen molar-refractivity contribution in [2.24, 2.45) is 0 Å². The van der Waals surface area contributed by atoms with Gasteiger partial charge in [-0.05, 0) is 12.1 Å². The molecule has 18 heavy (non-hydrogen) atoms. The number of hydrogen-bond donors (Lipinski definition) is 2. The summed E-state index contributed by atoms with van der Waals surface area (Å²) in [7, 11) is 3.25. The van der Waals surface area contributed by atoms with Gasteiger partial charge in [0, 0.05) is 5.75 Å². The molecule has 2 atom stereocenters. The first-order valence-electron chi connectivity index (χ1n) is 5.51. The summed E-state index contributed by atoms with van der Waals surface area (Å²) in [5.41, 5.74) is 0.973. The summed E-state index contributed by atoms with van der Waals surface area (Å²) < 4.78 is 10.8. The van der Waals surface area contributed by atoms with Crippen LogP contribution in [0.15, 0.2) is 18.2 Å². The van der Waals surface area contributed by atoms with Crippen LogP contribution in [0.2, 0.25) is 0 Å². The lowest BCUT2D eigenvalue weighted by atomic mass is 10.2. The van der Waals surface area contributed by atoms with Crippen LogP contribution in [0.5, 0.6) is 11.5 Å². The highest BCUT2D eigenvalue weighted by molar-refractivity contribution is 8.19. The van der Waals surface area contributed by atoms with Gasteiger partial charge >= 0.3 is 0 Å². The molecule has 100 valence electrons. The molecule has 1 aliphatic heterocycles. The average molecular weight is 288 g/mol. The van der Waals surface area contributed by atoms with E-state index in [-0.39, 0.29) is 9.83 Å². The molecule has 0 amide bonds. The Bertz CT molecular complexity index is 389. The molecule has 0 bridgehead atoms. The van der Waals surface area contributed by atoms with Crippen LogP contribution in [0.4, 0.5) is 0 Å². The van der Waals surface area contributed by atoms with E-state index in [1.54, 1.807) is 26.0 Å². The minimum absolute atomic E-state index is 0.0999. The molecular weight excluding hydrogens is 272 g/mol. The number of hydrogen-bond acceptors (Lipinski definition) is 6. The fourth-order valence-corrected chi connectivity index (χ4v) is 5.13. The van der Waals surface area contributed by atoms with Crippen LogP contribution in [0.25, 0.3) is 0 Å². The number of ether oxygens (including phenoxy) is 2. The average Bonchev–Trinajstić information content (AvgIpc) is 2.87. The summed E-state index contributed by atoms with van der Waals surface area (Å²) in [6.07, 6.45) is -1.28. The van der Waals surface area contributed by atoms with Crippen molar-refractivity contribution in [3.63, 3.8) is 0 Å². The lowest BCUT2D eigenvalue weighted by molar-refractivity contribution is -0.0355. The van der Waals surface area contributed by atoms with Gasteiger partial charge in [0.25, 0.3) is 0 Å². The number of aliphatic hydroxyl groups is 2. The summed E-state index contributed by atoms with van der Waals surface area (Å²) >= 11 is 3.21. The summed E-state index contributed by atoms with van der Waals surface area (Å²) in [5, 5.41) is 18.3. The Hall–Kier alpha value is -0.560. The topological polar surface area (TPSA) is 58.9 Å². The maximum absolute atomic E-state index is 9.23. The molecule has 1 aromatic rings. The molecule has 4 nitrogen and oxygen atoms in total. The second-order valence-corrected chi connectivity index (χ2v) is 6.62. The zero-order valence-electron chi connectivity index (χ0n) is 10.2. The molecule has 1 aliphatic rings. The maximum atomic E-state index is 9.23. The van der Waals surface area contributed by atoms with E-state index in [1.165, 1.54) is 11.8 Å². The van der Waals surface area contributed by atoms with Crippen molar-refractivity contribution in [3.05, 3.63) is 23.8 Å².